The fraction of sp³-hybridized carbons (Fsp3) is 0.450. The van der Waals surface area contributed by atoms with Crippen molar-refractivity contribution in [1.82, 2.24) is 10.6 Å². The van der Waals surface area contributed by atoms with E-state index in [9.17, 15) is 4.79 Å². The van der Waals surface area contributed by atoms with Crippen molar-refractivity contribution in [3.05, 3.63) is 57.3 Å². The Labute approximate surface area is 147 Å². The van der Waals surface area contributed by atoms with E-state index >= 15 is 0 Å². The molecule has 1 fully saturated rings. The van der Waals surface area contributed by atoms with Crippen LogP contribution in [0.3, 0.4) is 0 Å². The quantitative estimate of drug-likeness (QED) is 0.887. The van der Waals surface area contributed by atoms with Gasteiger partial charge in [0.1, 0.15) is 0 Å². The Kier molecular flexibility index (Phi) is 4.42. The zero-order valence-corrected chi connectivity index (χ0v) is 14.8. The van der Waals surface area contributed by atoms with Crippen molar-refractivity contribution < 1.29 is 4.79 Å². The molecule has 126 valence electrons. The van der Waals surface area contributed by atoms with Gasteiger partial charge in [0.15, 0.2) is 0 Å². The molecule has 0 bridgehead atoms. The number of benzene rings is 1. The normalized spacial score (nSPS) is 19.0. The number of hydrogen-bond donors (Lipinski definition) is 2. The summed E-state index contributed by atoms with van der Waals surface area (Å²) >= 11 is 1.73. The highest BCUT2D eigenvalue weighted by Crippen LogP contribution is 2.41. The van der Waals surface area contributed by atoms with E-state index in [4.69, 9.17) is 0 Å². The molecular weight excluding hydrogens is 316 g/mol. The molecule has 2 N–H and O–H groups in total. The monoisotopic (exact) mass is 340 g/mol. The fourth-order valence-electron chi connectivity index (χ4n) is 4.10. The van der Waals surface area contributed by atoms with Gasteiger partial charge in [0, 0.05) is 24.5 Å². The van der Waals surface area contributed by atoms with Gasteiger partial charge in [-0.3, -0.25) is 4.79 Å². The van der Waals surface area contributed by atoms with Crippen molar-refractivity contribution in [3.63, 3.8) is 0 Å². The van der Waals surface area contributed by atoms with Crippen LogP contribution >= 0.6 is 11.3 Å². The first-order valence-corrected chi connectivity index (χ1v) is 9.80. The largest absolute Gasteiger partial charge is 0.351 e. The van der Waals surface area contributed by atoms with E-state index in [0.29, 0.717) is 6.54 Å². The third-order valence-electron chi connectivity index (χ3n) is 5.49. The highest BCUT2D eigenvalue weighted by atomic mass is 32.1. The maximum Gasteiger partial charge on any atom is 0.231 e. The van der Waals surface area contributed by atoms with E-state index in [0.717, 1.165) is 38.8 Å². The third-order valence-corrected chi connectivity index (χ3v) is 6.56. The van der Waals surface area contributed by atoms with Gasteiger partial charge in [-0.1, -0.05) is 43.5 Å². The molecule has 24 heavy (non-hydrogen) atoms. The lowest BCUT2D eigenvalue weighted by Gasteiger charge is -2.35. The number of amides is 1. The highest BCUT2D eigenvalue weighted by Gasteiger charge is 2.41. The van der Waals surface area contributed by atoms with Crippen molar-refractivity contribution in [2.45, 2.75) is 57.2 Å². The summed E-state index contributed by atoms with van der Waals surface area (Å²) in [6.45, 7) is 2.53. The number of nitrogens with one attached hydrogen (secondary N) is 2. The SMILES string of the molecule is O=C(NCc1ccc2c(c1)CNC2)C1(c2cccs2)CCCCC1. The summed E-state index contributed by atoms with van der Waals surface area (Å²) < 4.78 is 0. The lowest BCUT2D eigenvalue weighted by atomic mass is 9.72. The summed E-state index contributed by atoms with van der Waals surface area (Å²) in [7, 11) is 0. The molecule has 0 atom stereocenters. The van der Waals surface area contributed by atoms with Crippen LogP contribution in [-0.4, -0.2) is 5.91 Å². The Bertz CT molecular complexity index is 717. The lowest BCUT2D eigenvalue weighted by molar-refractivity contribution is -0.128. The first-order chi connectivity index (χ1) is 11.8. The summed E-state index contributed by atoms with van der Waals surface area (Å²) in [5.41, 5.74) is 3.65. The molecule has 0 unspecified atom stereocenters. The lowest BCUT2D eigenvalue weighted by Crippen LogP contribution is -2.45. The summed E-state index contributed by atoms with van der Waals surface area (Å²) in [5, 5.41) is 8.70. The van der Waals surface area contributed by atoms with Crippen molar-refractivity contribution >= 4 is 17.2 Å². The van der Waals surface area contributed by atoms with Gasteiger partial charge in [0.25, 0.3) is 0 Å². The van der Waals surface area contributed by atoms with E-state index in [1.54, 1.807) is 11.3 Å². The summed E-state index contributed by atoms with van der Waals surface area (Å²) in [4.78, 5) is 14.3. The number of carbonyl (C=O) groups is 1. The van der Waals surface area contributed by atoms with Crippen LogP contribution in [0.1, 0.15) is 53.7 Å². The minimum absolute atomic E-state index is 0.211. The van der Waals surface area contributed by atoms with Gasteiger partial charge in [0.05, 0.1) is 5.41 Å². The molecule has 1 aromatic heterocycles. The Morgan fingerprint density at radius 2 is 1.96 bits per heavy atom. The molecule has 1 amide bonds. The van der Waals surface area contributed by atoms with Crippen molar-refractivity contribution in [1.29, 1.82) is 0 Å². The molecule has 2 aromatic rings. The minimum atomic E-state index is -0.301. The van der Waals surface area contributed by atoms with E-state index in [1.807, 2.05) is 0 Å². The molecule has 1 aromatic carbocycles. The molecule has 1 saturated carbocycles. The number of carbonyl (C=O) groups excluding carboxylic acids is 1. The zero-order valence-electron chi connectivity index (χ0n) is 13.9. The predicted molar refractivity (Wildman–Crippen MR) is 97.9 cm³/mol. The Morgan fingerprint density at radius 1 is 1.12 bits per heavy atom. The molecule has 0 spiro atoms. The molecule has 3 nitrogen and oxygen atoms in total. The van der Waals surface area contributed by atoms with E-state index in [-0.39, 0.29) is 11.3 Å². The molecule has 1 aliphatic heterocycles. The smallest absolute Gasteiger partial charge is 0.231 e. The zero-order chi connectivity index (χ0) is 16.4. The van der Waals surface area contributed by atoms with Crippen LogP contribution in [-0.2, 0) is 29.8 Å². The number of rotatable bonds is 4. The van der Waals surface area contributed by atoms with Gasteiger partial charge >= 0.3 is 0 Å². The standard InChI is InChI=1S/C20H24N2OS/c23-19(20(8-2-1-3-9-20)18-5-4-10-24-18)22-12-15-6-7-16-13-21-14-17(16)11-15/h4-7,10-11,21H,1-3,8-9,12-14H2,(H,22,23). The van der Waals surface area contributed by atoms with Gasteiger partial charge in [-0.05, 0) is 41.0 Å². The van der Waals surface area contributed by atoms with Crippen LogP contribution in [0, 0.1) is 0 Å². The van der Waals surface area contributed by atoms with Gasteiger partial charge in [-0.2, -0.15) is 0 Å². The van der Waals surface area contributed by atoms with Crippen LogP contribution in [0.2, 0.25) is 0 Å². The first kappa shape index (κ1) is 15.9. The highest BCUT2D eigenvalue weighted by molar-refractivity contribution is 7.10. The van der Waals surface area contributed by atoms with E-state index in [2.05, 4.69) is 46.3 Å². The fourth-order valence-corrected chi connectivity index (χ4v) is 5.08. The van der Waals surface area contributed by atoms with Gasteiger partial charge in [-0.25, -0.2) is 0 Å². The third kappa shape index (κ3) is 2.89. The average molecular weight is 340 g/mol. The van der Waals surface area contributed by atoms with Crippen LogP contribution in [0.15, 0.2) is 35.7 Å². The molecule has 4 heteroatoms. The topological polar surface area (TPSA) is 41.1 Å². The van der Waals surface area contributed by atoms with Crippen LogP contribution in [0.5, 0.6) is 0 Å². The molecule has 4 rings (SSSR count). The molecule has 2 aliphatic rings. The predicted octanol–water partition coefficient (Wildman–Crippen LogP) is 3.87. The Balaban J connectivity index is 1.49. The second-order valence-electron chi connectivity index (χ2n) is 7.01. The maximum absolute atomic E-state index is 13.1. The second-order valence-corrected chi connectivity index (χ2v) is 7.96. The molecule has 0 saturated heterocycles. The molecule has 2 heterocycles. The first-order valence-electron chi connectivity index (χ1n) is 8.92. The summed E-state index contributed by atoms with van der Waals surface area (Å²) in [6.07, 6.45) is 5.50. The van der Waals surface area contributed by atoms with Crippen LogP contribution < -0.4 is 10.6 Å². The molecular formula is C20H24N2OS. The number of hydrogen-bond acceptors (Lipinski definition) is 3. The number of fused-ring (bicyclic) bond motifs is 1. The maximum atomic E-state index is 13.1. The molecule has 1 aliphatic carbocycles. The number of thiophene rings is 1. The van der Waals surface area contributed by atoms with Gasteiger partial charge in [-0.15, -0.1) is 11.3 Å². The van der Waals surface area contributed by atoms with Crippen molar-refractivity contribution in [3.8, 4) is 0 Å². The summed E-state index contributed by atoms with van der Waals surface area (Å²) in [6, 6.07) is 10.8. The Hall–Kier alpha value is -1.65. The minimum Gasteiger partial charge on any atom is -0.351 e. The van der Waals surface area contributed by atoms with Crippen LogP contribution in [0.25, 0.3) is 0 Å². The van der Waals surface area contributed by atoms with Crippen LogP contribution in [0.4, 0.5) is 0 Å². The van der Waals surface area contributed by atoms with E-state index < -0.39 is 0 Å². The Morgan fingerprint density at radius 3 is 2.75 bits per heavy atom. The van der Waals surface area contributed by atoms with Crippen molar-refractivity contribution in [2.24, 2.45) is 0 Å². The van der Waals surface area contributed by atoms with Gasteiger partial charge < -0.3 is 10.6 Å². The van der Waals surface area contributed by atoms with E-state index in [1.165, 1.54) is 28.0 Å². The van der Waals surface area contributed by atoms with Gasteiger partial charge in [0.2, 0.25) is 5.91 Å². The van der Waals surface area contributed by atoms with Crippen molar-refractivity contribution in [2.75, 3.05) is 0 Å². The second kappa shape index (κ2) is 6.69. The average Bonchev–Trinajstić information content (AvgIpc) is 3.31. The molecule has 0 radical (unpaired) electrons. The summed E-state index contributed by atoms with van der Waals surface area (Å²) in [5.74, 6) is 0.211.